The molecule has 0 bridgehead atoms. The predicted octanol–water partition coefficient (Wildman–Crippen LogP) is 8.83. The quantitative estimate of drug-likeness (QED) is 0.257. The van der Waals surface area contributed by atoms with Gasteiger partial charge >= 0.3 is 0 Å². The molecule has 0 radical (unpaired) electrons. The third-order valence-corrected chi connectivity index (χ3v) is 8.28. The molecule has 6 aromatic rings. The molecular formula is C34H25ClO2. The summed E-state index contributed by atoms with van der Waals surface area (Å²) in [6.45, 7) is 4.44. The van der Waals surface area contributed by atoms with E-state index in [1.807, 2.05) is 72.8 Å². The molecule has 0 amide bonds. The highest BCUT2D eigenvalue weighted by atomic mass is 35.5. The van der Waals surface area contributed by atoms with E-state index in [1.165, 1.54) is 0 Å². The van der Waals surface area contributed by atoms with Crippen molar-refractivity contribution in [2.45, 2.75) is 24.9 Å². The fourth-order valence-corrected chi connectivity index (χ4v) is 6.40. The van der Waals surface area contributed by atoms with Crippen molar-refractivity contribution in [3.05, 3.63) is 142 Å². The van der Waals surface area contributed by atoms with Crippen molar-refractivity contribution in [1.82, 2.24) is 0 Å². The Kier molecular flexibility index (Phi) is 4.73. The van der Waals surface area contributed by atoms with Gasteiger partial charge in [-0.15, -0.1) is 0 Å². The highest BCUT2D eigenvalue weighted by molar-refractivity contribution is 6.30. The monoisotopic (exact) mass is 500 g/mol. The van der Waals surface area contributed by atoms with Gasteiger partial charge in [-0.1, -0.05) is 104 Å². The lowest BCUT2D eigenvalue weighted by atomic mass is 9.61. The van der Waals surface area contributed by atoms with E-state index in [2.05, 4.69) is 50.2 Å². The number of hydrogen-bond acceptors (Lipinski definition) is 2. The van der Waals surface area contributed by atoms with Crippen molar-refractivity contribution >= 4 is 33.5 Å². The van der Waals surface area contributed by atoms with E-state index in [-0.39, 0.29) is 5.41 Å². The highest BCUT2D eigenvalue weighted by Crippen LogP contribution is 2.53. The Balaban J connectivity index is 1.53. The zero-order valence-corrected chi connectivity index (χ0v) is 21.4. The lowest BCUT2D eigenvalue weighted by Crippen LogP contribution is -2.41. The van der Waals surface area contributed by atoms with E-state index in [4.69, 9.17) is 16.0 Å². The molecule has 2 nitrogen and oxygen atoms in total. The van der Waals surface area contributed by atoms with Crippen LogP contribution in [0.2, 0.25) is 5.02 Å². The molecule has 1 aliphatic carbocycles. The van der Waals surface area contributed by atoms with Gasteiger partial charge in [0.15, 0.2) is 0 Å². The minimum Gasteiger partial charge on any atom is -0.456 e. The van der Waals surface area contributed by atoms with Gasteiger partial charge < -0.3 is 9.52 Å². The Morgan fingerprint density at radius 1 is 0.595 bits per heavy atom. The van der Waals surface area contributed by atoms with Crippen molar-refractivity contribution in [1.29, 1.82) is 0 Å². The van der Waals surface area contributed by atoms with Crippen LogP contribution in [0.3, 0.4) is 0 Å². The van der Waals surface area contributed by atoms with Crippen LogP contribution in [0.15, 0.2) is 114 Å². The van der Waals surface area contributed by atoms with Gasteiger partial charge in [-0.2, -0.15) is 0 Å². The lowest BCUT2D eigenvalue weighted by molar-refractivity contribution is 0.117. The fourth-order valence-electron chi connectivity index (χ4n) is 6.23. The summed E-state index contributed by atoms with van der Waals surface area (Å²) in [4.78, 5) is 0. The SMILES string of the molecule is CC1(C)c2ccccc2C(O)(c2cc(Cl)ccc2-c2ccc3c(c2)oc2ccccc23)c2ccccc21. The van der Waals surface area contributed by atoms with Crippen LogP contribution in [0.4, 0.5) is 0 Å². The van der Waals surface area contributed by atoms with Crippen LogP contribution >= 0.6 is 11.6 Å². The zero-order chi connectivity index (χ0) is 25.4. The number of fused-ring (bicyclic) bond motifs is 5. The first kappa shape index (κ1) is 22.4. The molecule has 7 rings (SSSR count). The van der Waals surface area contributed by atoms with Gasteiger partial charge in [0.05, 0.1) is 0 Å². The van der Waals surface area contributed by atoms with Gasteiger partial charge in [-0.05, 0) is 63.7 Å². The van der Waals surface area contributed by atoms with Crippen LogP contribution in [0.1, 0.15) is 41.7 Å². The second-order valence-electron chi connectivity index (χ2n) is 10.4. The molecule has 5 aromatic carbocycles. The summed E-state index contributed by atoms with van der Waals surface area (Å²) in [5, 5.41) is 15.6. The Morgan fingerprint density at radius 3 is 1.89 bits per heavy atom. The van der Waals surface area contributed by atoms with E-state index in [0.29, 0.717) is 5.02 Å². The zero-order valence-electron chi connectivity index (χ0n) is 20.6. The smallest absolute Gasteiger partial charge is 0.141 e. The van der Waals surface area contributed by atoms with Crippen molar-refractivity contribution in [2.75, 3.05) is 0 Å². The summed E-state index contributed by atoms with van der Waals surface area (Å²) in [5.41, 5.74) is 6.65. The fraction of sp³-hybridized carbons (Fsp3) is 0.118. The average Bonchev–Trinajstić information content (AvgIpc) is 3.30. The first-order valence-electron chi connectivity index (χ1n) is 12.5. The Bertz CT molecular complexity index is 1790. The summed E-state index contributed by atoms with van der Waals surface area (Å²) < 4.78 is 6.20. The molecule has 0 spiro atoms. The van der Waals surface area contributed by atoms with Gasteiger partial charge in [0, 0.05) is 26.8 Å². The van der Waals surface area contributed by atoms with Gasteiger partial charge in [-0.3, -0.25) is 0 Å². The number of aliphatic hydroxyl groups is 1. The molecule has 1 N–H and O–H groups in total. The van der Waals surface area contributed by atoms with E-state index < -0.39 is 5.60 Å². The number of furan rings is 1. The number of rotatable bonds is 2. The summed E-state index contributed by atoms with van der Waals surface area (Å²) in [5.74, 6) is 0. The largest absolute Gasteiger partial charge is 0.456 e. The second kappa shape index (κ2) is 7.82. The topological polar surface area (TPSA) is 33.4 Å². The maximum absolute atomic E-state index is 12.9. The van der Waals surface area contributed by atoms with Crippen molar-refractivity contribution in [2.24, 2.45) is 0 Å². The molecule has 0 saturated heterocycles. The van der Waals surface area contributed by atoms with E-state index >= 15 is 0 Å². The minimum atomic E-state index is -1.38. The first-order chi connectivity index (χ1) is 17.9. The highest BCUT2D eigenvalue weighted by Gasteiger charge is 2.47. The third-order valence-electron chi connectivity index (χ3n) is 8.04. The van der Waals surface area contributed by atoms with Crippen molar-refractivity contribution in [3.63, 3.8) is 0 Å². The first-order valence-corrected chi connectivity index (χ1v) is 12.9. The molecule has 1 heterocycles. The standard InChI is InChI=1S/C34H25ClO2/c1-33(2)26-10-4-6-12-28(26)34(36,29-13-7-5-11-27(29)33)30-20-22(35)16-18-23(30)21-15-17-25-24-9-3-8-14-31(24)37-32(25)19-21/h3-20,36H,1-2H3. The summed E-state index contributed by atoms with van der Waals surface area (Å²) in [7, 11) is 0. The van der Waals surface area contributed by atoms with E-state index in [1.54, 1.807) is 0 Å². The van der Waals surface area contributed by atoms with Crippen LogP contribution in [-0.4, -0.2) is 5.11 Å². The average molecular weight is 501 g/mol. The predicted molar refractivity (Wildman–Crippen MR) is 151 cm³/mol. The van der Waals surface area contributed by atoms with Gasteiger partial charge in [0.1, 0.15) is 16.8 Å². The number of hydrogen-bond donors (Lipinski definition) is 1. The molecule has 1 aromatic heterocycles. The van der Waals surface area contributed by atoms with Crippen LogP contribution in [0.25, 0.3) is 33.1 Å². The van der Waals surface area contributed by atoms with Crippen LogP contribution in [0.5, 0.6) is 0 Å². The molecule has 0 atom stereocenters. The van der Waals surface area contributed by atoms with Gasteiger partial charge in [0.25, 0.3) is 0 Å². The molecule has 3 heteroatoms. The number of benzene rings is 5. The normalized spacial score (nSPS) is 15.5. The molecule has 1 aliphatic rings. The van der Waals surface area contributed by atoms with Crippen molar-refractivity contribution in [3.8, 4) is 11.1 Å². The Hall–Kier alpha value is -3.85. The lowest BCUT2D eigenvalue weighted by Gasteiger charge is -2.45. The molecule has 0 aliphatic heterocycles. The molecule has 0 unspecified atom stereocenters. The number of para-hydroxylation sites is 1. The summed E-state index contributed by atoms with van der Waals surface area (Å²) >= 11 is 6.61. The van der Waals surface area contributed by atoms with Crippen LogP contribution in [-0.2, 0) is 11.0 Å². The maximum atomic E-state index is 12.9. The molecule has 0 fully saturated rings. The van der Waals surface area contributed by atoms with Crippen LogP contribution < -0.4 is 0 Å². The van der Waals surface area contributed by atoms with Gasteiger partial charge in [-0.25, -0.2) is 0 Å². The molecule has 180 valence electrons. The van der Waals surface area contributed by atoms with Crippen LogP contribution in [0, 0.1) is 0 Å². The number of halogens is 1. The molecular weight excluding hydrogens is 476 g/mol. The Morgan fingerprint density at radius 2 is 1.19 bits per heavy atom. The Labute approximate surface area is 220 Å². The second-order valence-corrected chi connectivity index (χ2v) is 10.9. The molecule has 0 saturated carbocycles. The molecule has 37 heavy (non-hydrogen) atoms. The minimum absolute atomic E-state index is 0.259. The van der Waals surface area contributed by atoms with Gasteiger partial charge in [0.2, 0.25) is 0 Å². The maximum Gasteiger partial charge on any atom is 0.141 e. The summed E-state index contributed by atoms with van der Waals surface area (Å²) in [6.07, 6.45) is 0. The van der Waals surface area contributed by atoms with E-state index in [0.717, 1.165) is 60.9 Å². The summed E-state index contributed by atoms with van der Waals surface area (Å²) in [6, 6.07) is 36.6. The van der Waals surface area contributed by atoms with E-state index in [9.17, 15) is 5.11 Å². The van der Waals surface area contributed by atoms with Crippen molar-refractivity contribution < 1.29 is 9.52 Å². The third kappa shape index (κ3) is 3.10.